The Labute approximate surface area is 121 Å². The normalized spacial score (nSPS) is 18.2. The highest BCUT2D eigenvalue weighted by Crippen LogP contribution is 2.10. The van der Waals surface area contributed by atoms with Crippen molar-refractivity contribution in [2.45, 2.75) is 45.3 Å². The molecule has 110 valence electrons. The molecule has 1 atom stereocenters. The maximum absolute atomic E-state index is 12.3. The first kappa shape index (κ1) is 14.9. The first-order valence-corrected chi connectivity index (χ1v) is 7.48. The number of urea groups is 1. The Morgan fingerprint density at radius 1 is 1.40 bits per heavy atom. The zero-order chi connectivity index (χ0) is 14.4. The molecule has 4 nitrogen and oxygen atoms in total. The Hall–Kier alpha value is -1.55. The molecule has 1 aromatic rings. The minimum absolute atomic E-state index is 0.0255. The van der Waals surface area contributed by atoms with Crippen molar-refractivity contribution < 1.29 is 4.79 Å². The van der Waals surface area contributed by atoms with Gasteiger partial charge in [-0.2, -0.15) is 0 Å². The molecule has 1 aromatic carbocycles. The van der Waals surface area contributed by atoms with Gasteiger partial charge >= 0.3 is 6.03 Å². The van der Waals surface area contributed by atoms with Crippen LogP contribution in [0, 0.1) is 0 Å². The summed E-state index contributed by atoms with van der Waals surface area (Å²) in [6.45, 7) is 6.58. The Morgan fingerprint density at radius 3 is 2.75 bits per heavy atom. The smallest absolute Gasteiger partial charge is 0.317 e. The van der Waals surface area contributed by atoms with Gasteiger partial charge in [0, 0.05) is 25.2 Å². The van der Waals surface area contributed by atoms with E-state index in [1.54, 1.807) is 0 Å². The second-order valence-electron chi connectivity index (χ2n) is 5.68. The third-order valence-corrected chi connectivity index (χ3v) is 3.75. The van der Waals surface area contributed by atoms with Gasteiger partial charge in [-0.25, -0.2) is 4.79 Å². The molecule has 0 saturated carbocycles. The standard InChI is InChI=1S/C16H25N3O/c1-13(2)19(12-15-9-6-10-17-15)16(20)18-11-14-7-4-3-5-8-14/h3-5,7-8,13,15,17H,6,9-12H2,1-2H3,(H,18,20). The van der Waals surface area contributed by atoms with Crippen molar-refractivity contribution in [3.05, 3.63) is 35.9 Å². The van der Waals surface area contributed by atoms with Gasteiger partial charge in [0.2, 0.25) is 0 Å². The monoisotopic (exact) mass is 275 g/mol. The fraction of sp³-hybridized carbons (Fsp3) is 0.562. The van der Waals surface area contributed by atoms with E-state index >= 15 is 0 Å². The lowest BCUT2D eigenvalue weighted by atomic mass is 10.2. The summed E-state index contributed by atoms with van der Waals surface area (Å²) in [7, 11) is 0. The lowest BCUT2D eigenvalue weighted by Gasteiger charge is -2.29. The maximum atomic E-state index is 12.3. The Kier molecular flexibility index (Phi) is 5.41. The Morgan fingerprint density at radius 2 is 2.15 bits per heavy atom. The molecule has 0 bridgehead atoms. The predicted octanol–water partition coefficient (Wildman–Crippen LogP) is 2.36. The van der Waals surface area contributed by atoms with E-state index in [9.17, 15) is 4.79 Å². The summed E-state index contributed by atoms with van der Waals surface area (Å²) < 4.78 is 0. The van der Waals surface area contributed by atoms with Crippen LogP contribution in [0.15, 0.2) is 30.3 Å². The van der Waals surface area contributed by atoms with Crippen LogP contribution in [-0.4, -0.2) is 36.1 Å². The van der Waals surface area contributed by atoms with E-state index in [2.05, 4.69) is 24.5 Å². The van der Waals surface area contributed by atoms with E-state index in [4.69, 9.17) is 0 Å². The quantitative estimate of drug-likeness (QED) is 0.866. The summed E-state index contributed by atoms with van der Waals surface area (Å²) in [5.41, 5.74) is 1.13. The highest BCUT2D eigenvalue weighted by Gasteiger charge is 2.23. The zero-order valence-corrected chi connectivity index (χ0v) is 12.4. The second kappa shape index (κ2) is 7.29. The van der Waals surface area contributed by atoms with Gasteiger partial charge in [0.05, 0.1) is 0 Å². The molecular weight excluding hydrogens is 250 g/mol. The van der Waals surface area contributed by atoms with Gasteiger partial charge in [0.1, 0.15) is 0 Å². The minimum atomic E-state index is 0.0255. The summed E-state index contributed by atoms with van der Waals surface area (Å²) in [6.07, 6.45) is 2.37. The van der Waals surface area contributed by atoms with Crippen LogP contribution in [0.3, 0.4) is 0 Å². The van der Waals surface area contributed by atoms with Gasteiger partial charge in [-0.05, 0) is 38.8 Å². The molecule has 1 fully saturated rings. The first-order chi connectivity index (χ1) is 9.66. The molecule has 20 heavy (non-hydrogen) atoms. The molecule has 4 heteroatoms. The van der Waals surface area contributed by atoms with Gasteiger partial charge in [0.25, 0.3) is 0 Å². The van der Waals surface area contributed by atoms with Gasteiger partial charge in [-0.3, -0.25) is 0 Å². The number of hydrogen-bond donors (Lipinski definition) is 2. The summed E-state index contributed by atoms with van der Waals surface area (Å²) in [6, 6.07) is 10.7. The van der Waals surface area contributed by atoms with Crippen LogP contribution in [0.25, 0.3) is 0 Å². The van der Waals surface area contributed by atoms with Crippen molar-refractivity contribution >= 4 is 6.03 Å². The van der Waals surface area contributed by atoms with E-state index in [1.807, 2.05) is 35.2 Å². The lowest BCUT2D eigenvalue weighted by molar-refractivity contribution is 0.176. The molecule has 0 radical (unpaired) electrons. The average molecular weight is 275 g/mol. The number of carbonyl (C=O) groups excluding carboxylic acids is 1. The van der Waals surface area contributed by atoms with Crippen LogP contribution in [0.4, 0.5) is 4.79 Å². The van der Waals surface area contributed by atoms with Gasteiger partial charge in [-0.15, -0.1) is 0 Å². The molecule has 2 N–H and O–H groups in total. The van der Waals surface area contributed by atoms with Crippen molar-refractivity contribution in [3.63, 3.8) is 0 Å². The third-order valence-electron chi connectivity index (χ3n) is 3.75. The van der Waals surface area contributed by atoms with E-state index in [0.29, 0.717) is 12.6 Å². The molecule has 1 aliphatic heterocycles. The highest BCUT2D eigenvalue weighted by molar-refractivity contribution is 5.74. The molecule has 2 rings (SSSR count). The lowest BCUT2D eigenvalue weighted by Crippen LogP contribution is -2.48. The summed E-state index contributed by atoms with van der Waals surface area (Å²) in [4.78, 5) is 14.3. The average Bonchev–Trinajstić information content (AvgIpc) is 2.96. The van der Waals surface area contributed by atoms with E-state index < -0.39 is 0 Å². The number of carbonyl (C=O) groups is 1. The molecule has 1 unspecified atom stereocenters. The predicted molar refractivity (Wildman–Crippen MR) is 81.5 cm³/mol. The van der Waals surface area contributed by atoms with E-state index in [1.165, 1.54) is 6.42 Å². The van der Waals surface area contributed by atoms with Crippen molar-refractivity contribution in [1.82, 2.24) is 15.5 Å². The van der Waals surface area contributed by atoms with Crippen molar-refractivity contribution in [2.24, 2.45) is 0 Å². The maximum Gasteiger partial charge on any atom is 0.317 e. The largest absolute Gasteiger partial charge is 0.334 e. The van der Waals surface area contributed by atoms with Crippen LogP contribution in [0.2, 0.25) is 0 Å². The molecule has 0 aliphatic carbocycles. The van der Waals surface area contributed by atoms with Crippen LogP contribution in [0.1, 0.15) is 32.3 Å². The van der Waals surface area contributed by atoms with Crippen molar-refractivity contribution in [1.29, 1.82) is 0 Å². The zero-order valence-electron chi connectivity index (χ0n) is 12.4. The fourth-order valence-electron chi connectivity index (χ4n) is 2.55. The summed E-state index contributed by atoms with van der Waals surface area (Å²) in [5, 5.41) is 6.46. The van der Waals surface area contributed by atoms with Gasteiger partial charge in [0.15, 0.2) is 0 Å². The van der Waals surface area contributed by atoms with Crippen LogP contribution in [0.5, 0.6) is 0 Å². The second-order valence-corrected chi connectivity index (χ2v) is 5.68. The molecule has 0 spiro atoms. The Balaban J connectivity index is 1.86. The molecule has 2 amide bonds. The Bertz CT molecular complexity index is 413. The van der Waals surface area contributed by atoms with Crippen molar-refractivity contribution in [3.8, 4) is 0 Å². The number of nitrogens with zero attached hydrogens (tertiary/aromatic N) is 1. The molecule has 1 saturated heterocycles. The number of nitrogens with one attached hydrogen (secondary N) is 2. The summed E-state index contributed by atoms with van der Waals surface area (Å²) in [5.74, 6) is 0. The van der Waals surface area contributed by atoms with E-state index in [-0.39, 0.29) is 12.1 Å². The topological polar surface area (TPSA) is 44.4 Å². The van der Waals surface area contributed by atoms with Crippen LogP contribution < -0.4 is 10.6 Å². The minimum Gasteiger partial charge on any atom is -0.334 e. The van der Waals surface area contributed by atoms with Gasteiger partial charge < -0.3 is 15.5 Å². The molecule has 0 aromatic heterocycles. The number of benzene rings is 1. The first-order valence-electron chi connectivity index (χ1n) is 7.48. The number of amides is 2. The number of hydrogen-bond acceptors (Lipinski definition) is 2. The van der Waals surface area contributed by atoms with Crippen LogP contribution >= 0.6 is 0 Å². The van der Waals surface area contributed by atoms with E-state index in [0.717, 1.165) is 25.1 Å². The molecule has 1 aliphatic rings. The molecular formula is C16H25N3O. The van der Waals surface area contributed by atoms with Crippen molar-refractivity contribution in [2.75, 3.05) is 13.1 Å². The fourth-order valence-corrected chi connectivity index (χ4v) is 2.55. The molecule has 1 heterocycles. The highest BCUT2D eigenvalue weighted by atomic mass is 16.2. The van der Waals surface area contributed by atoms with Crippen LogP contribution in [-0.2, 0) is 6.54 Å². The third kappa shape index (κ3) is 4.23. The van der Waals surface area contributed by atoms with Gasteiger partial charge in [-0.1, -0.05) is 30.3 Å². The summed E-state index contributed by atoms with van der Waals surface area (Å²) >= 11 is 0. The SMILES string of the molecule is CC(C)N(CC1CCCN1)C(=O)NCc1ccccc1. The number of rotatable bonds is 5.